The number of aliphatic carboxylic acids is 1. The monoisotopic (exact) mass is 296 g/mol. The van der Waals surface area contributed by atoms with Crippen LogP contribution in [0.5, 0.6) is 0 Å². The molecule has 0 saturated carbocycles. The number of nitro groups is 1. The Bertz CT molecular complexity index is 585. The Morgan fingerprint density at radius 3 is 2.52 bits per heavy atom. The highest BCUT2D eigenvalue weighted by atomic mass is 16.6. The summed E-state index contributed by atoms with van der Waals surface area (Å²) in [5, 5.41) is 21.6. The van der Waals surface area contributed by atoms with E-state index in [2.05, 4.69) is 5.32 Å². The first-order valence-corrected chi connectivity index (χ1v) is 5.73. The third-order valence-electron chi connectivity index (χ3n) is 2.30. The maximum Gasteiger partial charge on any atom is 0.319 e. The van der Waals surface area contributed by atoms with Crippen molar-refractivity contribution >= 4 is 23.5 Å². The van der Waals surface area contributed by atoms with Crippen LogP contribution in [0.4, 0.5) is 5.69 Å². The molecule has 0 heterocycles. The number of benzene rings is 1. The molecule has 0 radical (unpaired) electrons. The lowest BCUT2D eigenvalue weighted by Crippen LogP contribution is -2.31. The molecule has 9 heteroatoms. The molecule has 1 aromatic carbocycles. The lowest BCUT2D eigenvalue weighted by molar-refractivity contribution is -0.386. The fourth-order valence-corrected chi connectivity index (χ4v) is 1.53. The van der Waals surface area contributed by atoms with Crippen LogP contribution in [0.15, 0.2) is 24.3 Å². The molecule has 2 N–H and O–H groups in total. The van der Waals surface area contributed by atoms with Gasteiger partial charge in [-0.15, -0.1) is 0 Å². The molecule has 0 aromatic heterocycles. The molecule has 0 spiro atoms. The molecule has 0 bridgehead atoms. The van der Waals surface area contributed by atoms with E-state index in [9.17, 15) is 24.5 Å². The van der Waals surface area contributed by atoms with E-state index in [0.717, 1.165) is 6.92 Å². The van der Waals surface area contributed by atoms with Crippen LogP contribution < -0.4 is 5.32 Å². The van der Waals surface area contributed by atoms with Crippen molar-refractivity contribution in [1.29, 1.82) is 0 Å². The second-order valence-electron chi connectivity index (χ2n) is 3.96. The zero-order valence-corrected chi connectivity index (χ0v) is 10.9. The molecule has 0 fully saturated rings. The van der Waals surface area contributed by atoms with Crippen LogP contribution in [0, 0.1) is 10.1 Å². The average molecular weight is 296 g/mol. The fourth-order valence-electron chi connectivity index (χ4n) is 1.53. The minimum atomic E-state index is -1.43. The molecule has 1 atom stereocenters. The van der Waals surface area contributed by atoms with Crippen LogP contribution in [0.2, 0.25) is 0 Å². The number of esters is 1. The first-order valence-electron chi connectivity index (χ1n) is 5.73. The van der Waals surface area contributed by atoms with Gasteiger partial charge in [-0.1, -0.05) is 12.1 Å². The molecule has 1 amide bonds. The quantitative estimate of drug-likeness (QED) is 0.260. The molecular weight excluding hydrogens is 284 g/mol. The first-order chi connectivity index (χ1) is 9.81. The number of nitrogens with one attached hydrogen (secondary N) is 1. The molecule has 1 aromatic rings. The summed E-state index contributed by atoms with van der Waals surface area (Å²) >= 11 is 0. The van der Waals surface area contributed by atoms with E-state index < -0.39 is 35.4 Å². The number of hydrogen-bond donors (Lipinski definition) is 2. The zero-order valence-electron chi connectivity index (χ0n) is 10.9. The number of rotatable bonds is 6. The second-order valence-corrected chi connectivity index (χ2v) is 3.96. The zero-order chi connectivity index (χ0) is 16.0. The molecule has 1 rings (SSSR count). The number of amides is 1. The number of carbonyl (C=O) groups excluding carboxylic acids is 2. The van der Waals surface area contributed by atoms with Crippen molar-refractivity contribution in [1.82, 2.24) is 5.32 Å². The van der Waals surface area contributed by atoms with E-state index >= 15 is 0 Å². The first kappa shape index (κ1) is 16.1. The lowest BCUT2D eigenvalue weighted by atomic mass is 10.1. The summed E-state index contributed by atoms with van der Waals surface area (Å²) in [5.74, 6) is -3.13. The Morgan fingerprint density at radius 2 is 2.00 bits per heavy atom. The Hall–Kier alpha value is -2.97. The summed E-state index contributed by atoms with van der Waals surface area (Å²) < 4.78 is 4.79. The number of carboxylic acid groups (broad SMARTS) is 1. The molecule has 1 unspecified atom stereocenters. The standard InChI is InChI=1S/C12H12N2O7/c1-7(15)13-12(21-11(18)6-10(16)17)8-4-2-3-5-9(8)14(19)20/h2-5,12H,6H2,1H3,(H,13,15)(H,16,17). The van der Waals surface area contributed by atoms with Gasteiger partial charge in [-0.25, -0.2) is 0 Å². The maximum absolute atomic E-state index is 11.4. The molecule has 112 valence electrons. The number of ether oxygens (including phenoxy) is 1. The number of nitro benzene ring substituents is 1. The van der Waals surface area contributed by atoms with Gasteiger partial charge in [0, 0.05) is 13.0 Å². The largest absolute Gasteiger partial charge is 0.481 e. The summed E-state index contributed by atoms with van der Waals surface area (Å²) in [6.07, 6.45) is -2.35. The summed E-state index contributed by atoms with van der Waals surface area (Å²) in [6.45, 7) is 1.13. The Morgan fingerprint density at radius 1 is 1.38 bits per heavy atom. The summed E-state index contributed by atoms with van der Waals surface area (Å²) in [5.41, 5.74) is -0.421. The minimum Gasteiger partial charge on any atom is -0.481 e. The molecule has 0 aliphatic rings. The van der Waals surface area contributed by atoms with Gasteiger partial charge in [-0.05, 0) is 6.07 Å². The minimum absolute atomic E-state index is 0.0589. The molecule has 9 nitrogen and oxygen atoms in total. The predicted molar refractivity (Wildman–Crippen MR) is 68.0 cm³/mol. The Balaban J connectivity index is 3.08. The van der Waals surface area contributed by atoms with Gasteiger partial charge in [-0.2, -0.15) is 0 Å². The van der Waals surface area contributed by atoms with Crippen LogP contribution in [0.3, 0.4) is 0 Å². The third kappa shape index (κ3) is 4.90. The highest BCUT2D eigenvalue weighted by molar-refractivity contribution is 5.90. The van der Waals surface area contributed by atoms with Gasteiger partial charge in [0.1, 0.15) is 6.42 Å². The van der Waals surface area contributed by atoms with Crippen LogP contribution >= 0.6 is 0 Å². The van der Waals surface area contributed by atoms with Crippen molar-refractivity contribution in [2.45, 2.75) is 19.6 Å². The summed E-state index contributed by atoms with van der Waals surface area (Å²) in [6, 6.07) is 5.34. The number of carbonyl (C=O) groups is 3. The van der Waals surface area contributed by atoms with Crippen LogP contribution in [0.25, 0.3) is 0 Å². The summed E-state index contributed by atoms with van der Waals surface area (Å²) in [7, 11) is 0. The highest BCUT2D eigenvalue weighted by Gasteiger charge is 2.26. The SMILES string of the molecule is CC(=O)NC(OC(=O)CC(=O)O)c1ccccc1[N+](=O)[O-]. The van der Waals surface area contributed by atoms with Crippen molar-refractivity contribution in [3.63, 3.8) is 0 Å². The van der Waals surface area contributed by atoms with E-state index in [1.165, 1.54) is 24.3 Å². The third-order valence-corrected chi connectivity index (χ3v) is 2.30. The maximum atomic E-state index is 11.4. The summed E-state index contributed by atoms with van der Waals surface area (Å²) in [4.78, 5) is 43.2. The normalized spacial score (nSPS) is 11.3. The highest BCUT2D eigenvalue weighted by Crippen LogP contribution is 2.26. The number of para-hydroxylation sites is 1. The molecule has 0 aliphatic carbocycles. The van der Waals surface area contributed by atoms with Gasteiger partial charge in [0.25, 0.3) is 5.69 Å². The van der Waals surface area contributed by atoms with E-state index in [0.29, 0.717) is 0 Å². The molecule has 21 heavy (non-hydrogen) atoms. The van der Waals surface area contributed by atoms with Gasteiger partial charge in [0.2, 0.25) is 12.1 Å². The number of carboxylic acids is 1. The second kappa shape index (κ2) is 6.98. The van der Waals surface area contributed by atoms with Gasteiger partial charge in [-0.3, -0.25) is 24.5 Å². The van der Waals surface area contributed by atoms with Crippen LogP contribution in [-0.2, 0) is 19.1 Å². The van der Waals surface area contributed by atoms with Gasteiger partial charge in [0.15, 0.2) is 0 Å². The van der Waals surface area contributed by atoms with E-state index in [1.807, 2.05) is 0 Å². The van der Waals surface area contributed by atoms with Crippen LogP contribution in [-0.4, -0.2) is 27.9 Å². The molecule has 0 aliphatic heterocycles. The number of hydrogen-bond acceptors (Lipinski definition) is 6. The van der Waals surface area contributed by atoms with E-state index in [-0.39, 0.29) is 11.3 Å². The van der Waals surface area contributed by atoms with Crippen molar-refractivity contribution in [2.75, 3.05) is 0 Å². The Kier molecular flexibility index (Phi) is 5.35. The van der Waals surface area contributed by atoms with Gasteiger partial charge in [0.05, 0.1) is 10.5 Å². The fraction of sp³-hybridized carbons (Fsp3) is 0.250. The van der Waals surface area contributed by atoms with Gasteiger partial charge < -0.3 is 15.2 Å². The number of nitrogens with zero attached hydrogens (tertiary/aromatic N) is 1. The Labute approximate surface area is 118 Å². The van der Waals surface area contributed by atoms with Crippen molar-refractivity contribution in [3.05, 3.63) is 39.9 Å². The molecular formula is C12H12N2O7. The predicted octanol–water partition coefficient (Wildman–Crippen LogP) is 0.747. The lowest BCUT2D eigenvalue weighted by Gasteiger charge is -2.18. The average Bonchev–Trinajstić information content (AvgIpc) is 2.36. The van der Waals surface area contributed by atoms with Crippen LogP contribution in [0.1, 0.15) is 25.1 Å². The molecule has 0 saturated heterocycles. The van der Waals surface area contributed by atoms with Crippen molar-refractivity contribution in [3.8, 4) is 0 Å². The smallest absolute Gasteiger partial charge is 0.319 e. The van der Waals surface area contributed by atoms with Crippen molar-refractivity contribution in [2.24, 2.45) is 0 Å². The van der Waals surface area contributed by atoms with E-state index in [1.54, 1.807) is 0 Å². The van der Waals surface area contributed by atoms with E-state index in [4.69, 9.17) is 9.84 Å². The van der Waals surface area contributed by atoms with Crippen molar-refractivity contribution < 1.29 is 29.2 Å². The topological polar surface area (TPSA) is 136 Å². The van der Waals surface area contributed by atoms with Gasteiger partial charge >= 0.3 is 11.9 Å².